The molecule has 0 spiro atoms. The number of nitrogens with zero attached hydrogens (tertiary/aromatic N) is 2. The first-order valence-electron chi connectivity index (χ1n) is 11.2. The van der Waals surface area contributed by atoms with Gasteiger partial charge in [0.2, 0.25) is 11.8 Å². The van der Waals surface area contributed by atoms with Gasteiger partial charge < -0.3 is 36.0 Å². The maximum Gasteiger partial charge on any atom is 0.352 e. The molecule has 0 bridgehead atoms. The number of benzene rings is 1. The number of likely N-dealkylation sites (N-methyl/N-ethyl adjacent to an activating group) is 1. The van der Waals surface area contributed by atoms with Gasteiger partial charge in [-0.2, -0.15) is 0 Å². The topological polar surface area (TPSA) is 180 Å². The van der Waals surface area contributed by atoms with Crippen LogP contribution in [0, 0.1) is 11.8 Å². The number of carbonyl (C=O) groups excluding carboxylic acids is 3. The van der Waals surface area contributed by atoms with E-state index in [-0.39, 0.29) is 55.0 Å². The second kappa shape index (κ2) is 10.3. The number of phenolic OH excluding ortho intramolecular Hbond substituents is 2. The predicted molar refractivity (Wildman–Crippen MR) is 122 cm³/mol. The van der Waals surface area contributed by atoms with Crippen molar-refractivity contribution < 1.29 is 39.6 Å². The average Bonchev–Trinajstić information content (AvgIpc) is 3.01. The summed E-state index contributed by atoms with van der Waals surface area (Å²) in [6.45, 7) is 3.71. The highest BCUT2D eigenvalue weighted by molar-refractivity contribution is 6.00. The molecular weight excluding hydrogens is 460 g/mol. The molecule has 2 heterocycles. The SMILES string of the molecule is C[C@H]1C(CN(C)CC(=O)NCCNC(=O)c2ccc(O)c(O)c2)=C(C(=O)O)N2C(=O)[C@H]([C@@H](C)O)C12. The van der Waals surface area contributed by atoms with Crippen LogP contribution < -0.4 is 10.6 Å². The van der Waals surface area contributed by atoms with E-state index in [1.807, 2.05) is 6.92 Å². The number of carboxylic acids is 1. The largest absolute Gasteiger partial charge is 0.504 e. The molecular formula is C23H30N4O8. The lowest BCUT2D eigenvalue weighted by molar-refractivity contribution is -0.163. The van der Waals surface area contributed by atoms with Crippen LogP contribution in [0.4, 0.5) is 0 Å². The number of aliphatic hydroxyl groups is 1. The highest BCUT2D eigenvalue weighted by Crippen LogP contribution is 2.47. The number of aromatic hydroxyl groups is 2. The molecule has 3 rings (SSSR count). The Hall–Kier alpha value is -3.64. The second-order valence-electron chi connectivity index (χ2n) is 8.91. The minimum absolute atomic E-state index is 0.0403. The summed E-state index contributed by atoms with van der Waals surface area (Å²) in [6, 6.07) is 3.26. The molecule has 0 aromatic heterocycles. The maximum atomic E-state index is 12.4. The van der Waals surface area contributed by atoms with E-state index in [4.69, 9.17) is 0 Å². The lowest BCUT2D eigenvalue weighted by atomic mass is 9.77. The molecule has 1 aromatic carbocycles. The van der Waals surface area contributed by atoms with E-state index in [0.29, 0.717) is 5.57 Å². The van der Waals surface area contributed by atoms with Crippen LogP contribution in [0.15, 0.2) is 29.5 Å². The van der Waals surface area contributed by atoms with Crippen molar-refractivity contribution in [1.82, 2.24) is 20.4 Å². The van der Waals surface area contributed by atoms with Gasteiger partial charge in [-0.25, -0.2) is 4.79 Å². The highest BCUT2D eigenvalue weighted by Gasteiger charge is 2.59. The van der Waals surface area contributed by atoms with Crippen LogP contribution in [0.5, 0.6) is 11.5 Å². The predicted octanol–water partition coefficient (Wildman–Crippen LogP) is -0.928. The minimum Gasteiger partial charge on any atom is -0.504 e. The van der Waals surface area contributed by atoms with Gasteiger partial charge >= 0.3 is 5.97 Å². The maximum absolute atomic E-state index is 12.4. The molecule has 1 saturated heterocycles. The molecule has 12 nitrogen and oxygen atoms in total. The molecule has 4 atom stereocenters. The van der Waals surface area contributed by atoms with Crippen molar-refractivity contribution >= 4 is 23.7 Å². The second-order valence-corrected chi connectivity index (χ2v) is 8.91. The highest BCUT2D eigenvalue weighted by atomic mass is 16.4. The van der Waals surface area contributed by atoms with Crippen LogP contribution in [-0.4, -0.2) is 99.3 Å². The van der Waals surface area contributed by atoms with Crippen LogP contribution in [-0.2, 0) is 14.4 Å². The Labute approximate surface area is 201 Å². The minimum atomic E-state index is -1.22. The van der Waals surface area contributed by atoms with Crippen LogP contribution in [0.25, 0.3) is 0 Å². The third-order valence-corrected chi connectivity index (χ3v) is 6.34. The normalized spacial score (nSPS) is 22.0. The summed E-state index contributed by atoms with van der Waals surface area (Å²) in [5, 5.41) is 43.6. The number of carbonyl (C=O) groups is 4. The zero-order valence-electron chi connectivity index (χ0n) is 19.7. The van der Waals surface area contributed by atoms with Gasteiger partial charge in [0.1, 0.15) is 5.70 Å². The summed E-state index contributed by atoms with van der Waals surface area (Å²) in [7, 11) is 1.65. The number of rotatable bonds is 10. The van der Waals surface area contributed by atoms with E-state index in [0.717, 1.165) is 6.07 Å². The molecule has 0 radical (unpaired) electrons. The van der Waals surface area contributed by atoms with Gasteiger partial charge in [0.15, 0.2) is 11.5 Å². The third kappa shape index (κ3) is 5.23. The lowest BCUT2D eigenvalue weighted by Crippen LogP contribution is -2.63. The van der Waals surface area contributed by atoms with Crippen molar-refractivity contribution in [3.63, 3.8) is 0 Å². The molecule has 12 heteroatoms. The van der Waals surface area contributed by atoms with Gasteiger partial charge in [0, 0.05) is 31.1 Å². The fraction of sp³-hybridized carbons (Fsp3) is 0.478. The monoisotopic (exact) mass is 490 g/mol. The van der Waals surface area contributed by atoms with Crippen molar-refractivity contribution in [1.29, 1.82) is 0 Å². The summed E-state index contributed by atoms with van der Waals surface area (Å²) >= 11 is 0. The molecule has 35 heavy (non-hydrogen) atoms. The molecule has 3 amide bonds. The van der Waals surface area contributed by atoms with Crippen LogP contribution in [0.3, 0.4) is 0 Å². The van der Waals surface area contributed by atoms with Crippen molar-refractivity contribution in [2.75, 3.05) is 33.2 Å². The molecule has 1 aromatic rings. The van der Waals surface area contributed by atoms with Crippen LogP contribution in [0.2, 0.25) is 0 Å². The first kappa shape index (κ1) is 26.0. The summed E-state index contributed by atoms with van der Waals surface area (Å²) in [6.07, 6.45) is -0.885. The number of phenols is 2. The van der Waals surface area contributed by atoms with Gasteiger partial charge in [-0.05, 0) is 37.7 Å². The van der Waals surface area contributed by atoms with Gasteiger partial charge in [0.05, 0.1) is 24.6 Å². The number of β-lactam (4-membered cyclic amide) rings is 1. The zero-order valence-corrected chi connectivity index (χ0v) is 19.7. The average molecular weight is 491 g/mol. The number of nitrogens with one attached hydrogen (secondary N) is 2. The van der Waals surface area contributed by atoms with E-state index in [2.05, 4.69) is 10.6 Å². The number of aliphatic hydroxyl groups excluding tert-OH is 1. The fourth-order valence-electron chi connectivity index (χ4n) is 4.65. The smallest absolute Gasteiger partial charge is 0.352 e. The Balaban J connectivity index is 1.49. The molecule has 1 unspecified atom stereocenters. The molecule has 2 aliphatic heterocycles. The van der Waals surface area contributed by atoms with Crippen molar-refractivity contribution in [3.05, 3.63) is 35.0 Å². The Kier molecular flexibility index (Phi) is 7.66. The first-order chi connectivity index (χ1) is 16.4. The number of amides is 3. The zero-order chi connectivity index (χ0) is 26.0. The Morgan fingerprint density at radius 1 is 1.14 bits per heavy atom. The van der Waals surface area contributed by atoms with Crippen LogP contribution in [0.1, 0.15) is 24.2 Å². The molecule has 0 aliphatic carbocycles. The van der Waals surface area contributed by atoms with Gasteiger partial charge in [-0.3, -0.25) is 19.3 Å². The van der Waals surface area contributed by atoms with E-state index in [1.165, 1.54) is 24.0 Å². The molecule has 6 N–H and O–H groups in total. The quantitative estimate of drug-likeness (QED) is 0.137. The standard InChI is InChI=1S/C23H30N4O8/c1-11-14(20(23(34)35)27-19(11)18(12(2)28)22(27)33)9-26(3)10-17(31)24-6-7-25-21(32)13-4-5-15(29)16(30)8-13/h4-5,8,11-12,18-19,28-30H,6-7,9-10H2,1-3H3,(H,24,31)(H,25,32)(H,34,35)/t11-,12+,18+,19?/m0/s1. The van der Waals surface area contributed by atoms with Crippen molar-refractivity contribution in [2.45, 2.75) is 26.0 Å². The lowest BCUT2D eigenvalue weighted by Gasteiger charge is -2.46. The summed E-state index contributed by atoms with van der Waals surface area (Å²) in [5.74, 6) is -4.13. The molecule has 1 fully saturated rings. The van der Waals surface area contributed by atoms with E-state index >= 15 is 0 Å². The van der Waals surface area contributed by atoms with Gasteiger partial charge in [-0.15, -0.1) is 0 Å². The van der Waals surface area contributed by atoms with Gasteiger partial charge in [0.25, 0.3) is 5.91 Å². The van der Waals surface area contributed by atoms with Gasteiger partial charge in [-0.1, -0.05) is 6.92 Å². The van der Waals surface area contributed by atoms with Crippen molar-refractivity contribution in [2.24, 2.45) is 11.8 Å². The Morgan fingerprint density at radius 2 is 1.80 bits per heavy atom. The number of hydrogen-bond acceptors (Lipinski definition) is 8. The van der Waals surface area contributed by atoms with E-state index in [9.17, 15) is 39.6 Å². The number of carboxylic acid groups (broad SMARTS) is 1. The fourth-order valence-corrected chi connectivity index (χ4v) is 4.65. The number of hydrogen-bond donors (Lipinski definition) is 6. The molecule has 190 valence electrons. The summed E-state index contributed by atoms with van der Waals surface area (Å²) in [5.41, 5.74) is 0.596. The Morgan fingerprint density at radius 3 is 2.40 bits per heavy atom. The number of aliphatic carboxylic acids is 1. The third-order valence-electron chi connectivity index (χ3n) is 6.34. The van der Waals surface area contributed by atoms with Crippen LogP contribution >= 0.6 is 0 Å². The van der Waals surface area contributed by atoms with E-state index < -0.39 is 41.6 Å². The van der Waals surface area contributed by atoms with Crippen molar-refractivity contribution in [3.8, 4) is 11.5 Å². The number of fused-ring (bicyclic) bond motifs is 1. The molecule has 0 saturated carbocycles. The van der Waals surface area contributed by atoms with E-state index in [1.54, 1.807) is 11.9 Å². The Bertz CT molecular complexity index is 1070. The molecule has 2 aliphatic rings. The summed E-state index contributed by atoms with van der Waals surface area (Å²) < 4.78 is 0. The summed E-state index contributed by atoms with van der Waals surface area (Å²) in [4.78, 5) is 51.5. The first-order valence-corrected chi connectivity index (χ1v) is 11.2.